The van der Waals surface area contributed by atoms with Gasteiger partial charge in [-0.15, -0.1) is 11.3 Å². The predicted molar refractivity (Wildman–Crippen MR) is 84.3 cm³/mol. The number of ketones is 1. The summed E-state index contributed by atoms with van der Waals surface area (Å²) in [5.74, 6) is 0.660. The van der Waals surface area contributed by atoms with Crippen LogP contribution in [0, 0.1) is 0 Å². The second-order valence-corrected chi connectivity index (χ2v) is 5.84. The topological polar surface area (TPSA) is 64.8 Å². The van der Waals surface area contributed by atoms with Crippen molar-refractivity contribution < 1.29 is 14.3 Å². The average Bonchev–Trinajstić information content (AvgIpc) is 2.72. The molecule has 0 bridgehead atoms. The minimum absolute atomic E-state index is 0.00561. The van der Waals surface area contributed by atoms with Crippen molar-refractivity contribution in [2.45, 2.75) is 33.3 Å². The van der Waals surface area contributed by atoms with Gasteiger partial charge in [0.25, 0.3) is 0 Å². The lowest BCUT2D eigenvalue weighted by molar-refractivity contribution is 0.0992. The van der Waals surface area contributed by atoms with Crippen LogP contribution in [0.3, 0.4) is 0 Å². The van der Waals surface area contributed by atoms with Gasteiger partial charge in [0.1, 0.15) is 5.00 Å². The Morgan fingerprint density at radius 1 is 1.45 bits per heavy atom. The van der Waals surface area contributed by atoms with E-state index in [1.165, 1.54) is 11.3 Å². The van der Waals surface area contributed by atoms with Crippen LogP contribution >= 0.6 is 11.3 Å². The lowest BCUT2D eigenvalue weighted by Gasteiger charge is -2.20. The number of nitrogens with zero attached hydrogens (tertiary/aromatic N) is 1. The molecule has 20 heavy (non-hydrogen) atoms. The van der Waals surface area contributed by atoms with Gasteiger partial charge in [-0.3, -0.25) is 4.79 Å². The van der Waals surface area contributed by atoms with Gasteiger partial charge < -0.3 is 20.1 Å². The summed E-state index contributed by atoms with van der Waals surface area (Å²) in [6.45, 7) is 7.03. The SMILES string of the molecule is CCC(=O)c1sc(N(C)CCOC)c(OC(C)C)c1N. The number of ether oxygens (including phenoxy) is 2. The Balaban J connectivity index is 3.15. The number of hydrogen-bond donors (Lipinski definition) is 1. The maximum absolute atomic E-state index is 12.0. The number of nitrogen functional groups attached to an aromatic ring is 1. The molecule has 6 heteroatoms. The smallest absolute Gasteiger partial charge is 0.177 e. The Bertz CT molecular complexity index is 458. The quantitative estimate of drug-likeness (QED) is 0.748. The van der Waals surface area contributed by atoms with E-state index in [9.17, 15) is 4.79 Å². The molecule has 0 aliphatic carbocycles. The lowest BCUT2D eigenvalue weighted by Crippen LogP contribution is -2.22. The van der Waals surface area contributed by atoms with E-state index in [0.717, 1.165) is 5.00 Å². The minimum atomic E-state index is 0.00561. The maximum Gasteiger partial charge on any atom is 0.177 e. The first-order valence-electron chi connectivity index (χ1n) is 6.74. The Morgan fingerprint density at radius 2 is 2.10 bits per heavy atom. The third-order valence-corrected chi connectivity index (χ3v) is 4.13. The third-order valence-electron chi connectivity index (χ3n) is 2.79. The van der Waals surface area contributed by atoms with Gasteiger partial charge >= 0.3 is 0 Å². The number of carbonyl (C=O) groups is 1. The largest absolute Gasteiger partial charge is 0.486 e. The van der Waals surface area contributed by atoms with E-state index < -0.39 is 0 Å². The van der Waals surface area contributed by atoms with E-state index in [-0.39, 0.29) is 11.9 Å². The standard InChI is InChI=1S/C14H24N2O3S/c1-6-10(17)13-11(15)12(19-9(2)3)14(20-13)16(4)7-8-18-5/h9H,6-8,15H2,1-5H3. The molecule has 0 aliphatic rings. The van der Waals surface area contributed by atoms with E-state index in [4.69, 9.17) is 15.2 Å². The summed E-state index contributed by atoms with van der Waals surface area (Å²) in [6, 6.07) is 0. The van der Waals surface area contributed by atoms with Gasteiger partial charge in [-0.2, -0.15) is 0 Å². The second kappa shape index (κ2) is 7.50. The first-order valence-corrected chi connectivity index (χ1v) is 7.56. The molecular weight excluding hydrogens is 276 g/mol. The molecule has 114 valence electrons. The molecule has 0 amide bonds. The molecule has 0 aliphatic heterocycles. The van der Waals surface area contributed by atoms with Gasteiger partial charge in [0.15, 0.2) is 11.5 Å². The fourth-order valence-corrected chi connectivity index (χ4v) is 2.87. The van der Waals surface area contributed by atoms with Crippen LogP contribution in [0.4, 0.5) is 10.7 Å². The monoisotopic (exact) mass is 300 g/mol. The van der Waals surface area contributed by atoms with Crippen molar-refractivity contribution in [3.63, 3.8) is 0 Å². The van der Waals surface area contributed by atoms with Gasteiger partial charge in [0.05, 0.1) is 23.3 Å². The molecule has 0 atom stereocenters. The summed E-state index contributed by atoms with van der Waals surface area (Å²) in [4.78, 5) is 14.5. The normalized spacial score (nSPS) is 10.9. The molecule has 0 fully saturated rings. The Labute approximate surface area is 124 Å². The van der Waals surface area contributed by atoms with Crippen molar-refractivity contribution in [3.8, 4) is 5.75 Å². The number of hydrogen-bond acceptors (Lipinski definition) is 6. The summed E-state index contributed by atoms with van der Waals surface area (Å²) >= 11 is 1.39. The highest BCUT2D eigenvalue weighted by Gasteiger charge is 2.24. The van der Waals surface area contributed by atoms with Crippen LogP contribution in [-0.2, 0) is 4.74 Å². The average molecular weight is 300 g/mol. The Kier molecular flexibility index (Phi) is 6.29. The number of rotatable bonds is 8. The number of carbonyl (C=O) groups excluding carboxylic acids is 1. The fraction of sp³-hybridized carbons (Fsp3) is 0.643. The molecule has 2 N–H and O–H groups in total. The van der Waals surface area contributed by atoms with Crippen LogP contribution in [0.15, 0.2) is 0 Å². The second-order valence-electron chi connectivity index (χ2n) is 4.84. The summed E-state index contributed by atoms with van der Waals surface area (Å²) < 4.78 is 10.9. The molecule has 1 aromatic heterocycles. The van der Waals surface area contributed by atoms with Crippen molar-refractivity contribution in [3.05, 3.63) is 4.88 Å². The van der Waals surface area contributed by atoms with Gasteiger partial charge in [-0.05, 0) is 13.8 Å². The molecule has 1 rings (SSSR count). The highest BCUT2D eigenvalue weighted by atomic mass is 32.1. The van der Waals surface area contributed by atoms with Crippen LogP contribution < -0.4 is 15.4 Å². The van der Waals surface area contributed by atoms with Gasteiger partial charge in [0, 0.05) is 27.1 Å². The molecular formula is C14H24N2O3S. The van der Waals surface area contributed by atoms with Crippen LogP contribution in [0.25, 0.3) is 0 Å². The van der Waals surface area contributed by atoms with Crippen molar-refractivity contribution in [2.75, 3.05) is 37.9 Å². The number of methoxy groups -OCH3 is 1. The Hall–Kier alpha value is -1.27. The third kappa shape index (κ3) is 3.86. The van der Waals surface area contributed by atoms with Crippen molar-refractivity contribution in [2.24, 2.45) is 0 Å². The number of nitrogens with two attached hydrogens (primary N) is 1. The van der Waals surface area contributed by atoms with E-state index >= 15 is 0 Å². The molecule has 5 nitrogen and oxygen atoms in total. The van der Waals surface area contributed by atoms with Crippen LogP contribution in [-0.4, -0.2) is 39.2 Å². The molecule has 0 aromatic carbocycles. The number of likely N-dealkylation sites (N-methyl/N-ethyl adjacent to an activating group) is 1. The molecule has 1 aromatic rings. The molecule has 0 unspecified atom stereocenters. The fourth-order valence-electron chi connectivity index (χ4n) is 1.71. The Morgan fingerprint density at radius 3 is 2.60 bits per heavy atom. The first-order chi connectivity index (χ1) is 9.42. The van der Waals surface area contributed by atoms with Crippen molar-refractivity contribution in [1.82, 2.24) is 0 Å². The molecule has 1 heterocycles. The van der Waals surface area contributed by atoms with Gasteiger partial charge in [0.2, 0.25) is 0 Å². The summed E-state index contributed by atoms with van der Waals surface area (Å²) in [5, 5.41) is 0.880. The first kappa shape index (κ1) is 16.8. The zero-order chi connectivity index (χ0) is 15.3. The molecule has 0 spiro atoms. The highest BCUT2D eigenvalue weighted by Crippen LogP contribution is 2.45. The van der Waals surface area contributed by atoms with Crippen molar-refractivity contribution in [1.29, 1.82) is 0 Å². The van der Waals surface area contributed by atoms with Gasteiger partial charge in [-0.1, -0.05) is 6.92 Å². The number of Topliss-reactive ketones (excluding diaryl/α,β-unsaturated/α-hetero) is 1. The molecule has 0 saturated carbocycles. The van der Waals surface area contributed by atoms with E-state index in [0.29, 0.717) is 35.9 Å². The molecule has 0 saturated heterocycles. The molecule has 0 radical (unpaired) electrons. The predicted octanol–water partition coefficient (Wildman–Crippen LogP) is 2.79. The highest BCUT2D eigenvalue weighted by molar-refractivity contribution is 7.19. The van der Waals surface area contributed by atoms with Crippen molar-refractivity contribution >= 4 is 27.8 Å². The minimum Gasteiger partial charge on any atom is -0.486 e. The lowest BCUT2D eigenvalue weighted by atomic mass is 10.2. The summed E-state index contributed by atoms with van der Waals surface area (Å²) in [7, 11) is 3.60. The van der Waals surface area contributed by atoms with Crippen LogP contribution in [0.5, 0.6) is 5.75 Å². The number of thiophene rings is 1. The van der Waals surface area contributed by atoms with E-state index in [2.05, 4.69) is 0 Å². The zero-order valence-corrected chi connectivity index (χ0v) is 13.7. The summed E-state index contributed by atoms with van der Waals surface area (Å²) in [6.07, 6.45) is 0.443. The summed E-state index contributed by atoms with van der Waals surface area (Å²) in [5.41, 5.74) is 6.56. The zero-order valence-electron chi connectivity index (χ0n) is 12.9. The van der Waals surface area contributed by atoms with Crippen LogP contribution in [0.2, 0.25) is 0 Å². The van der Waals surface area contributed by atoms with E-state index in [1.54, 1.807) is 7.11 Å². The van der Waals surface area contributed by atoms with E-state index in [1.807, 2.05) is 32.7 Å². The van der Waals surface area contributed by atoms with Gasteiger partial charge in [-0.25, -0.2) is 0 Å². The number of anilines is 2. The van der Waals surface area contributed by atoms with Crippen LogP contribution in [0.1, 0.15) is 36.9 Å². The maximum atomic E-state index is 12.0.